The highest BCUT2D eigenvalue weighted by Crippen LogP contribution is 2.49. The highest BCUT2D eigenvalue weighted by molar-refractivity contribution is 5.85. The van der Waals surface area contributed by atoms with Gasteiger partial charge in [0, 0.05) is 11.6 Å². The third-order valence-corrected chi connectivity index (χ3v) is 5.31. The van der Waals surface area contributed by atoms with E-state index >= 15 is 0 Å². The van der Waals surface area contributed by atoms with Gasteiger partial charge in [-0.2, -0.15) is 0 Å². The molecule has 3 unspecified atom stereocenters. The largest absolute Gasteiger partial charge is 0.399 e. The number of nitrogens with two attached hydrogens (primary N) is 1. The minimum absolute atomic E-state index is 0. The smallest absolute Gasteiger partial charge is 0.224 e. The van der Waals surface area contributed by atoms with Gasteiger partial charge >= 0.3 is 0 Å². The minimum Gasteiger partial charge on any atom is -0.399 e. The van der Waals surface area contributed by atoms with Gasteiger partial charge < -0.3 is 11.1 Å². The van der Waals surface area contributed by atoms with Gasteiger partial charge in [-0.15, -0.1) is 12.4 Å². The summed E-state index contributed by atoms with van der Waals surface area (Å²) in [6.45, 7) is 0. The molecule has 0 aliphatic heterocycles. The number of hydrogen-bond donors (Lipinski definition) is 2. The van der Waals surface area contributed by atoms with Crippen molar-refractivity contribution in [2.45, 2.75) is 37.6 Å². The second-order valence-electron chi connectivity index (χ2n) is 7.00. The van der Waals surface area contributed by atoms with E-state index in [1.54, 1.807) is 6.07 Å². The Balaban J connectivity index is 0.00000196. The number of carbonyl (C=O) groups excluding carboxylic acids is 1. The molecule has 1 amide bonds. The van der Waals surface area contributed by atoms with Gasteiger partial charge in [-0.25, -0.2) is 8.78 Å². The fourth-order valence-corrected chi connectivity index (χ4v) is 3.90. The van der Waals surface area contributed by atoms with Crippen LogP contribution in [-0.2, 0) is 11.2 Å². The number of nitrogen functional groups attached to an aromatic ring is 1. The van der Waals surface area contributed by atoms with Crippen LogP contribution >= 0.6 is 12.4 Å². The molecule has 2 aromatic carbocycles. The fourth-order valence-electron chi connectivity index (χ4n) is 3.90. The van der Waals surface area contributed by atoms with E-state index in [9.17, 15) is 13.6 Å². The van der Waals surface area contributed by atoms with Crippen LogP contribution < -0.4 is 11.1 Å². The lowest BCUT2D eigenvalue weighted by Crippen LogP contribution is -2.32. The maximum Gasteiger partial charge on any atom is 0.224 e. The first-order chi connectivity index (χ1) is 12.0. The molecule has 1 fully saturated rings. The highest BCUT2D eigenvalue weighted by Gasteiger charge is 2.46. The van der Waals surface area contributed by atoms with E-state index in [2.05, 4.69) is 5.32 Å². The summed E-state index contributed by atoms with van der Waals surface area (Å²) in [4.78, 5) is 12.6. The summed E-state index contributed by atoms with van der Waals surface area (Å²) in [6.07, 6.45) is 3.41. The van der Waals surface area contributed by atoms with Gasteiger partial charge in [0.2, 0.25) is 5.91 Å². The summed E-state index contributed by atoms with van der Waals surface area (Å²) < 4.78 is 27.3. The van der Waals surface area contributed by atoms with E-state index in [1.807, 2.05) is 18.2 Å². The SMILES string of the molecule is Cl.Nc1ccc2c(c1)CCCC2NC(=O)C1CC1c1cccc(F)c1F. The van der Waals surface area contributed by atoms with Crippen LogP contribution in [-0.4, -0.2) is 5.91 Å². The number of fused-ring (bicyclic) bond motifs is 1. The minimum atomic E-state index is -0.859. The van der Waals surface area contributed by atoms with Gasteiger partial charge in [-0.1, -0.05) is 18.2 Å². The standard InChI is InChI=1S/C20H20F2N2O.ClH/c21-17-5-2-4-14(19(17)22)15-10-16(15)20(25)24-18-6-1-3-11-9-12(23)7-8-13(11)18;/h2,4-5,7-9,15-16,18H,1,3,6,10,23H2,(H,24,25);1H. The molecule has 26 heavy (non-hydrogen) atoms. The summed E-state index contributed by atoms with van der Waals surface area (Å²) in [6, 6.07) is 9.92. The summed E-state index contributed by atoms with van der Waals surface area (Å²) in [5.74, 6) is -2.28. The zero-order chi connectivity index (χ0) is 17.6. The van der Waals surface area contributed by atoms with Crippen molar-refractivity contribution in [3.63, 3.8) is 0 Å². The molecule has 138 valence electrons. The van der Waals surface area contributed by atoms with Gasteiger partial charge in [0.25, 0.3) is 0 Å². The fraction of sp³-hybridized carbons (Fsp3) is 0.350. The van der Waals surface area contributed by atoms with E-state index in [-0.39, 0.29) is 36.2 Å². The average Bonchev–Trinajstić information content (AvgIpc) is 3.38. The van der Waals surface area contributed by atoms with Crippen molar-refractivity contribution in [3.8, 4) is 0 Å². The monoisotopic (exact) mass is 378 g/mol. The van der Waals surface area contributed by atoms with Crippen LogP contribution in [0.1, 0.15) is 47.9 Å². The first-order valence-electron chi connectivity index (χ1n) is 8.67. The third kappa shape index (κ3) is 3.40. The van der Waals surface area contributed by atoms with Crippen LogP contribution in [0.2, 0.25) is 0 Å². The van der Waals surface area contributed by atoms with Crippen molar-refractivity contribution < 1.29 is 13.6 Å². The average molecular weight is 379 g/mol. The molecule has 2 aromatic rings. The zero-order valence-corrected chi connectivity index (χ0v) is 15.0. The van der Waals surface area contributed by atoms with E-state index in [0.717, 1.165) is 36.6 Å². The molecule has 0 radical (unpaired) electrons. The van der Waals surface area contributed by atoms with Crippen molar-refractivity contribution in [3.05, 3.63) is 64.7 Å². The molecular weight excluding hydrogens is 358 g/mol. The highest BCUT2D eigenvalue weighted by atomic mass is 35.5. The number of halogens is 3. The van der Waals surface area contributed by atoms with E-state index < -0.39 is 11.6 Å². The molecule has 2 aliphatic rings. The molecule has 0 bridgehead atoms. The molecule has 0 saturated heterocycles. The van der Waals surface area contributed by atoms with Gasteiger partial charge in [0.05, 0.1) is 6.04 Å². The molecule has 0 aromatic heterocycles. The molecular formula is C20H21ClF2N2O. The molecule has 3 atom stereocenters. The zero-order valence-electron chi connectivity index (χ0n) is 14.2. The lowest BCUT2D eigenvalue weighted by molar-refractivity contribution is -0.123. The molecule has 6 heteroatoms. The predicted molar refractivity (Wildman–Crippen MR) is 99.1 cm³/mol. The lowest BCUT2D eigenvalue weighted by Gasteiger charge is -2.26. The number of aryl methyl sites for hydroxylation is 1. The second kappa shape index (κ2) is 7.23. The maximum absolute atomic E-state index is 13.9. The van der Waals surface area contributed by atoms with Gasteiger partial charge in [0.15, 0.2) is 11.6 Å². The number of benzene rings is 2. The summed E-state index contributed by atoms with van der Waals surface area (Å²) in [7, 11) is 0. The molecule has 4 rings (SSSR count). The number of nitrogens with one attached hydrogen (secondary N) is 1. The van der Waals surface area contributed by atoms with Crippen molar-refractivity contribution in [2.24, 2.45) is 5.92 Å². The first-order valence-corrected chi connectivity index (χ1v) is 8.67. The Bertz CT molecular complexity index is 843. The Morgan fingerprint density at radius 3 is 2.77 bits per heavy atom. The van der Waals surface area contributed by atoms with Crippen LogP contribution in [0.5, 0.6) is 0 Å². The van der Waals surface area contributed by atoms with Crippen LogP contribution in [0.25, 0.3) is 0 Å². The molecule has 0 heterocycles. The summed E-state index contributed by atoms with van der Waals surface area (Å²) >= 11 is 0. The Morgan fingerprint density at radius 2 is 1.96 bits per heavy atom. The Morgan fingerprint density at radius 1 is 1.15 bits per heavy atom. The van der Waals surface area contributed by atoms with Crippen LogP contribution in [0.4, 0.5) is 14.5 Å². The van der Waals surface area contributed by atoms with Crippen LogP contribution in [0.15, 0.2) is 36.4 Å². The number of carbonyl (C=O) groups is 1. The van der Waals surface area contributed by atoms with Gasteiger partial charge in [0.1, 0.15) is 0 Å². The molecule has 2 aliphatic carbocycles. The number of amides is 1. The lowest BCUT2D eigenvalue weighted by atomic mass is 9.87. The van der Waals surface area contributed by atoms with Crippen LogP contribution in [0, 0.1) is 17.6 Å². The van der Waals surface area contributed by atoms with Gasteiger partial charge in [-0.05, 0) is 66.5 Å². The number of hydrogen-bond acceptors (Lipinski definition) is 2. The second-order valence-corrected chi connectivity index (χ2v) is 7.00. The van der Waals surface area contributed by atoms with E-state index in [0.29, 0.717) is 12.0 Å². The quantitative estimate of drug-likeness (QED) is 0.784. The van der Waals surface area contributed by atoms with Crippen LogP contribution in [0.3, 0.4) is 0 Å². The molecule has 3 nitrogen and oxygen atoms in total. The number of anilines is 1. The Hall–Kier alpha value is -2.14. The summed E-state index contributed by atoms with van der Waals surface area (Å²) in [5, 5.41) is 3.09. The maximum atomic E-state index is 13.9. The molecule has 1 saturated carbocycles. The predicted octanol–water partition coefficient (Wildman–Crippen LogP) is 4.27. The van der Waals surface area contributed by atoms with Crippen molar-refractivity contribution in [1.82, 2.24) is 5.32 Å². The van der Waals surface area contributed by atoms with Gasteiger partial charge in [-0.3, -0.25) is 4.79 Å². The first kappa shape index (κ1) is 18.6. The van der Waals surface area contributed by atoms with E-state index in [1.165, 1.54) is 11.6 Å². The van der Waals surface area contributed by atoms with Crippen molar-refractivity contribution in [1.29, 1.82) is 0 Å². The Kier molecular flexibility index (Phi) is 5.19. The third-order valence-electron chi connectivity index (χ3n) is 5.31. The number of rotatable bonds is 3. The molecule has 3 N–H and O–H groups in total. The topological polar surface area (TPSA) is 55.1 Å². The van der Waals surface area contributed by atoms with E-state index in [4.69, 9.17) is 5.73 Å². The van der Waals surface area contributed by atoms with Crippen molar-refractivity contribution >= 4 is 24.0 Å². The normalized spacial score (nSPS) is 23.5. The van der Waals surface area contributed by atoms with Crippen molar-refractivity contribution in [2.75, 3.05) is 5.73 Å². The Labute approximate surface area is 157 Å². The summed E-state index contributed by atoms with van der Waals surface area (Å²) in [5.41, 5.74) is 9.17. The molecule has 0 spiro atoms.